The van der Waals surface area contributed by atoms with Crippen LogP contribution in [0.3, 0.4) is 0 Å². The van der Waals surface area contributed by atoms with Crippen molar-refractivity contribution in [1.29, 1.82) is 0 Å². The Morgan fingerprint density at radius 2 is 2.07 bits per heavy atom. The molecule has 1 saturated carbocycles. The molecule has 0 aromatic heterocycles. The van der Waals surface area contributed by atoms with Gasteiger partial charge in [0.2, 0.25) is 0 Å². The highest BCUT2D eigenvalue weighted by atomic mass is 35.5. The van der Waals surface area contributed by atoms with Gasteiger partial charge in [-0.15, -0.1) is 12.4 Å². The van der Waals surface area contributed by atoms with Crippen LogP contribution < -0.4 is 5.32 Å². The molecule has 82 valence electrons. The van der Waals surface area contributed by atoms with Gasteiger partial charge in [0, 0.05) is 6.04 Å². The normalized spacial score (nSPS) is 35.6. The van der Waals surface area contributed by atoms with Crippen LogP contribution in [-0.2, 0) is 9.53 Å². The third-order valence-electron chi connectivity index (χ3n) is 3.35. The van der Waals surface area contributed by atoms with Crippen LogP contribution in [0.4, 0.5) is 0 Å². The number of hydrogen-bond donors (Lipinski definition) is 1. The molecular weight excluding hydrogens is 202 g/mol. The van der Waals surface area contributed by atoms with E-state index >= 15 is 0 Å². The van der Waals surface area contributed by atoms with Crippen LogP contribution >= 0.6 is 12.4 Å². The fourth-order valence-corrected chi connectivity index (χ4v) is 2.64. The Morgan fingerprint density at radius 1 is 1.36 bits per heavy atom. The minimum Gasteiger partial charge on any atom is -0.468 e. The summed E-state index contributed by atoms with van der Waals surface area (Å²) in [6.45, 7) is 0. The number of methoxy groups -OCH3 is 1. The van der Waals surface area contributed by atoms with Crippen LogP contribution in [0.1, 0.15) is 32.1 Å². The molecule has 3 nitrogen and oxygen atoms in total. The summed E-state index contributed by atoms with van der Waals surface area (Å²) < 4.78 is 4.74. The van der Waals surface area contributed by atoms with Crippen molar-refractivity contribution < 1.29 is 9.53 Å². The standard InChI is InChI=1S/C10H17NO2.ClH/c1-13-10(12)9-6-7-4-2-3-5-8(7)11-9;/h7-9,11H,2-6H2,1H3;1H. The highest BCUT2D eigenvalue weighted by Crippen LogP contribution is 2.33. The third kappa shape index (κ3) is 2.20. The van der Waals surface area contributed by atoms with Crippen molar-refractivity contribution in [3.8, 4) is 0 Å². The van der Waals surface area contributed by atoms with Crippen LogP contribution in [0.25, 0.3) is 0 Å². The van der Waals surface area contributed by atoms with E-state index in [-0.39, 0.29) is 24.4 Å². The molecule has 1 aliphatic carbocycles. The second-order valence-corrected chi connectivity index (χ2v) is 4.13. The van der Waals surface area contributed by atoms with Gasteiger partial charge < -0.3 is 10.1 Å². The zero-order valence-corrected chi connectivity index (χ0v) is 9.31. The number of fused-ring (bicyclic) bond motifs is 1. The topological polar surface area (TPSA) is 38.3 Å². The molecule has 1 saturated heterocycles. The summed E-state index contributed by atoms with van der Waals surface area (Å²) in [5.74, 6) is 0.632. The van der Waals surface area contributed by atoms with E-state index in [1.54, 1.807) is 0 Å². The number of carbonyl (C=O) groups excluding carboxylic acids is 1. The Kier molecular flexibility index (Phi) is 4.20. The van der Waals surface area contributed by atoms with Gasteiger partial charge in [-0.1, -0.05) is 12.8 Å². The summed E-state index contributed by atoms with van der Waals surface area (Å²) in [5.41, 5.74) is 0. The fraction of sp³-hybridized carbons (Fsp3) is 0.900. The first-order chi connectivity index (χ1) is 6.31. The number of halogens is 1. The largest absolute Gasteiger partial charge is 0.468 e. The molecule has 0 radical (unpaired) electrons. The van der Waals surface area contributed by atoms with E-state index in [1.165, 1.54) is 32.8 Å². The zero-order chi connectivity index (χ0) is 9.26. The predicted molar refractivity (Wildman–Crippen MR) is 56.6 cm³/mol. The van der Waals surface area contributed by atoms with E-state index < -0.39 is 0 Å². The number of esters is 1. The number of hydrogen-bond acceptors (Lipinski definition) is 3. The average Bonchev–Trinajstić information content (AvgIpc) is 2.59. The number of nitrogens with one attached hydrogen (secondary N) is 1. The van der Waals surface area contributed by atoms with Gasteiger partial charge >= 0.3 is 5.97 Å². The van der Waals surface area contributed by atoms with Gasteiger partial charge in [0.05, 0.1) is 7.11 Å². The van der Waals surface area contributed by atoms with Crippen molar-refractivity contribution in [2.45, 2.75) is 44.2 Å². The van der Waals surface area contributed by atoms with Gasteiger partial charge in [0.1, 0.15) is 6.04 Å². The van der Waals surface area contributed by atoms with Gasteiger partial charge in [0.25, 0.3) is 0 Å². The van der Waals surface area contributed by atoms with Gasteiger partial charge in [-0.05, 0) is 25.2 Å². The van der Waals surface area contributed by atoms with E-state index in [0.717, 1.165) is 12.3 Å². The van der Waals surface area contributed by atoms with Crippen molar-refractivity contribution in [2.24, 2.45) is 5.92 Å². The molecule has 0 aromatic rings. The Balaban J connectivity index is 0.000000980. The Bertz CT molecular complexity index is 196. The molecule has 3 atom stereocenters. The van der Waals surface area contributed by atoms with Crippen LogP contribution in [0, 0.1) is 5.92 Å². The van der Waals surface area contributed by atoms with E-state index in [2.05, 4.69) is 5.32 Å². The number of rotatable bonds is 1. The van der Waals surface area contributed by atoms with Crippen molar-refractivity contribution in [1.82, 2.24) is 5.32 Å². The lowest BCUT2D eigenvalue weighted by Crippen LogP contribution is -2.37. The van der Waals surface area contributed by atoms with E-state index in [9.17, 15) is 4.79 Å². The van der Waals surface area contributed by atoms with Crippen molar-refractivity contribution in [3.05, 3.63) is 0 Å². The number of ether oxygens (including phenoxy) is 1. The van der Waals surface area contributed by atoms with Crippen molar-refractivity contribution >= 4 is 18.4 Å². The highest BCUT2D eigenvalue weighted by molar-refractivity contribution is 5.85. The maximum atomic E-state index is 11.3. The Hall–Kier alpha value is -0.280. The summed E-state index contributed by atoms with van der Waals surface area (Å²) in [6.07, 6.45) is 6.14. The Morgan fingerprint density at radius 3 is 2.71 bits per heavy atom. The molecule has 1 aliphatic heterocycles. The quantitative estimate of drug-likeness (QED) is 0.680. The van der Waals surface area contributed by atoms with Crippen molar-refractivity contribution in [2.75, 3.05) is 7.11 Å². The van der Waals surface area contributed by atoms with Crippen LogP contribution in [0.2, 0.25) is 0 Å². The van der Waals surface area contributed by atoms with Crippen LogP contribution in [-0.4, -0.2) is 25.2 Å². The minimum absolute atomic E-state index is 0. The average molecular weight is 220 g/mol. The lowest BCUT2D eigenvalue weighted by molar-refractivity contribution is -0.142. The molecule has 14 heavy (non-hydrogen) atoms. The molecule has 2 fully saturated rings. The monoisotopic (exact) mass is 219 g/mol. The molecule has 0 amide bonds. The molecule has 3 unspecified atom stereocenters. The van der Waals surface area contributed by atoms with Crippen LogP contribution in [0.5, 0.6) is 0 Å². The van der Waals surface area contributed by atoms with E-state index in [1.807, 2.05) is 0 Å². The van der Waals surface area contributed by atoms with Crippen molar-refractivity contribution in [3.63, 3.8) is 0 Å². The van der Waals surface area contributed by atoms with E-state index in [4.69, 9.17) is 4.74 Å². The second kappa shape index (κ2) is 4.99. The second-order valence-electron chi connectivity index (χ2n) is 4.13. The fourth-order valence-electron chi connectivity index (χ4n) is 2.64. The highest BCUT2D eigenvalue weighted by Gasteiger charge is 2.38. The van der Waals surface area contributed by atoms with Gasteiger partial charge in [-0.2, -0.15) is 0 Å². The zero-order valence-electron chi connectivity index (χ0n) is 8.49. The molecule has 0 spiro atoms. The Labute approximate surface area is 91.0 Å². The number of carbonyl (C=O) groups is 1. The first kappa shape index (κ1) is 11.8. The predicted octanol–water partition coefficient (Wildman–Crippen LogP) is 1.50. The van der Waals surface area contributed by atoms with Gasteiger partial charge in [0.15, 0.2) is 0 Å². The van der Waals surface area contributed by atoms with Crippen LogP contribution in [0.15, 0.2) is 0 Å². The SMILES string of the molecule is COC(=O)C1CC2CCCCC2N1.Cl. The molecular formula is C10H18ClNO2. The van der Waals surface area contributed by atoms with E-state index in [0.29, 0.717) is 6.04 Å². The summed E-state index contributed by atoms with van der Waals surface area (Å²) in [5, 5.41) is 3.37. The van der Waals surface area contributed by atoms with Gasteiger partial charge in [-0.3, -0.25) is 4.79 Å². The first-order valence-corrected chi connectivity index (χ1v) is 5.15. The smallest absolute Gasteiger partial charge is 0.322 e. The molecule has 1 N–H and O–H groups in total. The maximum Gasteiger partial charge on any atom is 0.322 e. The maximum absolute atomic E-state index is 11.3. The lowest BCUT2D eigenvalue weighted by atomic mass is 9.85. The first-order valence-electron chi connectivity index (χ1n) is 5.15. The minimum atomic E-state index is -0.0885. The molecule has 0 aromatic carbocycles. The molecule has 1 heterocycles. The summed E-state index contributed by atoms with van der Waals surface area (Å²) >= 11 is 0. The molecule has 0 bridgehead atoms. The summed E-state index contributed by atoms with van der Waals surface area (Å²) in [4.78, 5) is 11.3. The molecule has 2 rings (SSSR count). The third-order valence-corrected chi connectivity index (χ3v) is 3.35. The lowest BCUT2D eigenvalue weighted by Gasteiger charge is -2.24. The summed E-state index contributed by atoms with van der Waals surface area (Å²) in [6, 6.07) is 0.552. The summed E-state index contributed by atoms with van der Waals surface area (Å²) in [7, 11) is 1.46. The molecule has 2 aliphatic rings. The molecule has 4 heteroatoms. The van der Waals surface area contributed by atoms with Gasteiger partial charge in [-0.25, -0.2) is 0 Å².